The lowest BCUT2D eigenvalue weighted by molar-refractivity contribution is -0.142. The molecule has 32 heavy (non-hydrogen) atoms. The lowest BCUT2D eigenvalue weighted by atomic mass is 9.98. The van der Waals surface area contributed by atoms with E-state index < -0.39 is 24.7 Å². The Morgan fingerprint density at radius 3 is 2.16 bits per heavy atom. The number of ether oxygens (including phenoxy) is 2. The maximum Gasteiger partial charge on any atom is 0.407 e. The lowest BCUT2D eigenvalue weighted by Gasteiger charge is -2.22. The largest absolute Gasteiger partial charge is 0.480 e. The molecule has 2 aromatic carbocycles. The number of carboxylic acid groups (broad SMARTS) is 1. The average Bonchev–Trinajstić information content (AvgIpc) is 3.09. The highest BCUT2D eigenvalue weighted by Crippen LogP contribution is 2.44. The molecule has 170 valence electrons. The van der Waals surface area contributed by atoms with E-state index in [9.17, 15) is 14.4 Å². The highest BCUT2D eigenvalue weighted by Gasteiger charge is 2.30. The summed E-state index contributed by atoms with van der Waals surface area (Å²) in [7, 11) is 0. The summed E-state index contributed by atoms with van der Waals surface area (Å²) in [5.41, 5.74) is 4.50. The first-order valence-electron chi connectivity index (χ1n) is 10.6. The first-order chi connectivity index (χ1) is 15.4. The van der Waals surface area contributed by atoms with Crippen LogP contribution < -0.4 is 10.6 Å². The zero-order valence-electron chi connectivity index (χ0n) is 18.2. The number of hydrogen-bond acceptors (Lipinski definition) is 5. The molecule has 3 rings (SSSR count). The minimum atomic E-state index is -1.08. The molecule has 0 unspecified atom stereocenters. The smallest absolute Gasteiger partial charge is 0.407 e. The van der Waals surface area contributed by atoms with Crippen molar-refractivity contribution in [1.82, 2.24) is 10.6 Å². The Morgan fingerprint density at radius 1 is 1.00 bits per heavy atom. The van der Waals surface area contributed by atoms with E-state index in [1.165, 1.54) is 0 Å². The number of carbonyl (C=O) groups is 3. The number of carbonyl (C=O) groups excluding carboxylic acids is 2. The summed E-state index contributed by atoms with van der Waals surface area (Å²) >= 11 is 0. The van der Waals surface area contributed by atoms with E-state index in [1.807, 2.05) is 50.2 Å². The fourth-order valence-electron chi connectivity index (χ4n) is 3.82. The molecule has 1 aliphatic rings. The fraction of sp³-hybridized carbons (Fsp3) is 0.375. The summed E-state index contributed by atoms with van der Waals surface area (Å²) in [6, 6.07) is 15.3. The molecule has 0 spiro atoms. The highest BCUT2D eigenvalue weighted by molar-refractivity contribution is 5.86. The van der Waals surface area contributed by atoms with E-state index in [0.717, 1.165) is 22.3 Å². The monoisotopic (exact) mass is 440 g/mol. The van der Waals surface area contributed by atoms with Gasteiger partial charge < -0.3 is 25.2 Å². The second-order valence-electron chi connectivity index (χ2n) is 7.93. The Hall–Kier alpha value is -3.39. The molecule has 1 aliphatic carbocycles. The number of aliphatic carboxylic acids is 1. The summed E-state index contributed by atoms with van der Waals surface area (Å²) in [5, 5.41) is 13.8. The molecule has 0 bridgehead atoms. The average molecular weight is 440 g/mol. The molecule has 0 radical (unpaired) electrons. The number of rotatable bonds is 10. The molecule has 2 amide bonds. The number of amides is 2. The molecule has 8 nitrogen and oxygen atoms in total. The molecule has 0 saturated heterocycles. The molecule has 0 aliphatic heterocycles. The topological polar surface area (TPSA) is 114 Å². The van der Waals surface area contributed by atoms with Gasteiger partial charge in [0.2, 0.25) is 5.91 Å². The number of benzene rings is 2. The van der Waals surface area contributed by atoms with Gasteiger partial charge in [0.15, 0.2) is 0 Å². The van der Waals surface area contributed by atoms with Gasteiger partial charge in [0.05, 0.1) is 6.61 Å². The molecule has 3 N–H and O–H groups in total. The van der Waals surface area contributed by atoms with Crippen molar-refractivity contribution < 1.29 is 29.0 Å². The second kappa shape index (κ2) is 10.8. The molecule has 0 heterocycles. The third-order valence-corrected chi connectivity index (χ3v) is 5.34. The minimum absolute atomic E-state index is 0.0633. The molecular formula is C24H28N2O6. The zero-order chi connectivity index (χ0) is 23.1. The standard InChI is InChI=1S/C24H28N2O6/c1-15(2)22(23(29)25-11-12-31-14-21(27)28)26-24(30)32-13-20-18-9-5-3-7-16(18)17-8-4-6-10-19(17)20/h3-10,15,20,22H,11-14H2,1-2H3,(H,25,29)(H,26,30)(H,27,28)/t22-/m1/s1. The SMILES string of the molecule is CC(C)[C@@H](NC(=O)OCC1c2ccccc2-c2ccccc21)C(=O)NCCOCC(=O)O. The molecule has 8 heteroatoms. The van der Waals surface area contributed by atoms with Gasteiger partial charge in [0.1, 0.15) is 19.3 Å². The lowest BCUT2D eigenvalue weighted by Crippen LogP contribution is -2.50. The van der Waals surface area contributed by atoms with Crippen LogP contribution in [0.1, 0.15) is 30.9 Å². The maximum atomic E-state index is 12.5. The molecular weight excluding hydrogens is 412 g/mol. The Labute approximate surface area is 186 Å². The van der Waals surface area contributed by atoms with Gasteiger partial charge in [0, 0.05) is 12.5 Å². The predicted molar refractivity (Wildman–Crippen MR) is 118 cm³/mol. The minimum Gasteiger partial charge on any atom is -0.480 e. The fourth-order valence-corrected chi connectivity index (χ4v) is 3.82. The summed E-state index contributed by atoms with van der Waals surface area (Å²) in [6.45, 7) is 3.57. The summed E-state index contributed by atoms with van der Waals surface area (Å²) < 4.78 is 10.4. The summed E-state index contributed by atoms with van der Waals surface area (Å²) in [4.78, 5) is 35.4. The van der Waals surface area contributed by atoms with E-state index >= 15 is 0 Å². The molecule has 0 saturated carbocycles. The van der Waals surface area contributed by atoms with Gasteiger partial charge >= 0.3 is 12.1 Å². The Balaban J connectivity index is 1.55. The van der Waals surface area contributed by atoms with Crippen molar-refractivity contribution in [2.24, 2.45) is 5.92 Å². The quantitative estimate of drug-likeness (QED) is 0.490. The van der Waals surface area contributed by atoms with Crippen LogP contribution in [0.25, 0.3) is 11.1 Å². The molecule has 0 aromatic heterocycles. The third-order valence-electron chi connectivity index (χ3n) is 5.34. The van der Waals surface area contributed by atoms with Gasteiger partial charge in [-0.05, 0) is 28.2 Å². The maximum absolute atomic E-state index is 12.5. The van der Waals surface area contributed by atoms with Crippen molar-refractivity contribution in [3.05, 3.63) is 59.7 Å². The van der Waals surface area contributed by atoms with Crippen molar-refractivity contribution in [2.45, 2.75) is 25.8 Å². The predicted octanol–water partition coefficient (Wildman–Crippen LogP) is 2.77. The van der Waals surface area contributed by atoms with Crippen molar-refractivity contribution in [3.63, 3.8) is 0 Å². The molecule has 2 aromatic rings. The van der Waals surface area contributed by atoms with Gasteiger partial charge in [0.25, 0.3) is 0 Å². The number of alkyl carbamates (subject to hydrolysis) is 1. The van der Waals surface area contributed by atoms with Crippen LogP contribution in [-0.2, 0) is 19.1 Å². The number of carboxylic acids is 1. The van der Waals surface area contributed by atoms with Crippen molar-refractivity contribution in [1.29, 1.82) is 0 Å². The van der Waals surface area contributed by atoms with Crippen LogP contribution in [0.5, 0.6) is 0 Å². The molecule has 0 fully saturated rings. The number of fused-ring (bicyclic) bond motifs is 3. The van der Waals surface area contributed by atoms with Gasteiger partial charge in [-0.15, -0.1) is 0 Å². The van der Waals surface area contributed by atoms with Crippen LogP contribution in [0.4, 0.5) is 4.79 Å². The van der Waals surface area contributed by atoms with E-state index in [-0.39, 0.29) is 37.5 Å². The first-order valence-corrected chi connectivity index (χ1v) is 10.6. The Morgan fingerprint density at radius 2 is 1.59 bits per heavy atom. The van der Waals surface area contributed by atoms with E-state index in [4.69, 9.17) is 14.6 Å². The zero-order valence-corrected chi connectivity index (χ0v) is 18.2. The Bertz CT molecular complexity index is 929. The van der Waals surface area contributed by atoms with Crippen LogP contribution in [0.3, 0.4) is 0 Å². The van der Waals surface area contributed by atoms with Crippen LogP contribution in [-0.4, -0.2) is 55.5 Å². The van der Waals surface area contributed by atoms with Gasteiger partial charge in [-0.3, -0.25) is 4.79 Å². The number of hydrogen-bond donors (Lipinski definition) is 3. The number of nitrogens with one attached hydrogen (secondary N) is 2. The van der Waals surface area contributed by atoms with Crippen LogP contribution in [0.15, 0.2) is 48.5 Å². The Kier molecular flexibility index (Phi) is 7.83. The van der Waals surface area contributed by atoms with Crippen molar-refractivity contribution in [3.8, 4) is 11.1 Å². The highest BCUT2D eigenvalue weighted by atomic mass is 16.5. The summed E-state index contributed by atoms with van der Waals surface area (Å²) in [5.74, 6) is -1.69. The van der Waals surface area contributed by atoms with Crippen LogP contribution >= 0.6 is 0 Å². The van der Waals surface area contributed by atoms with E-state index in [2.05, 4.69) is 22.8 Å². The van der Waals surface area contributed by atoms with Gasteiger partial charge in [-0.25, -0.2) is 9.59 Å². The van der Waals surface area contributed by atoms with Gasteiger partial charge in [-0.1, -0.05) is 62.4 Å². The van der Waals surface area contributed by atoms with Crippen LogP contribution in [0.2, 0.25) is 0 Å². The third kappa shape index (κ3) is 5.64. The molecule has 1 atom stereocenters. The normalized spacial score (nSPS) is 13.2. The second-order valence-corrected chi connectivity index (χ2v) is 7.93. The first kappa shape index (κ1) is 23.3. The van der Waals surface area contributed by atoms with Gasteiger partial charge in [-0.2, -0.15) is 0 Å². The van der Waals surface area contributed by atoms with Crippen molar-refractivity contribution >= 4 is 18.0 Å². The van der Waals surface area contributed by atoms with Crippen molar-refractivity contribution in [2.75, 3.05) is 26.4 Å². The van der Waals surface area contributed by atoms with E-state index in [0.29, 0.717) is 0 Å². The van der Waals surface area contributed by atoms with E-state index in [1.54, 1.807) is 0 Å². The summed E-state index contributed by atoms with van der Waals surface area (Å²) in [6.07, 6.45) is -0.664. The van der Waals surface area contributed by atoms with Crippen LogP contribution in [0, 0.1) is 5.92 Å².